The van der Waals surface area contributed by atoms with Crippen LogP contribution in [-0.4, -0.2) is 36.5 Å². The van der Waals surface area contributed by atoms with E-state index in [1.54, 1.807) is 12.1 Å². The van der Waals surface area contributed by atoms with Gasteiger partial charge in [0.15, 0.2) is 0 Å². The molecule has 0 aliphatic heterocycles. The van der Waals surface area contributed by atoms with Gasteiger partial charge < -0.3 is 0 Å². The minimum Gasteiger partial charge on any atom is -0.261 e. The zero-order valence-corrected chi connectivity index (χ0v) is 13.9. The Balaban J connectivity index is 2.90. The van der Waals surface area contributed by atoms with Crippen molar-refractivity contribution in [3.63, 3.8) is 0 Å². The van der Waals surface area contributed by atoms with Gasteiger partial charge in [0.2, 0.25) is 10.0 Å². The molecule has 0 saturated heterocycles. The first-order valence-electron chi connectivity index (χ1n) is 7.27. The van der Waals surface area contributed by atoms with E-state index in [1.165, 1.54) is 10.5 Å². The summed E-state index contributed by atoms with van der Waals surface area (Å²) in [7, 11) is -3.45. The van der Waals surface area contributed by atoms with E-state index in [4.69, 9.17) is 0 Å². The maximum atomic E-state index is 12.3. The fourth-order valence-corrected chi connectivity index (χ4v) is 3.26. The molecule has 0 aromatic carbocycles. The van der Waals surface area contributed by atoms with E-state index in [9.17, 15) is 8.42 Å². The van der Waals surface area contributed by atoms with E-state index >= 15 is 0 Å². The number of nitrogens with one attached hydrogen (secondary N) is 1. The summed E-state index contributed by atoms with van der Waals surface area (Å²) in [5.74, 6) is 0.535. The van der Waals surface area contributed by atoms with E-state index in [2.05, 4.69) is 15.5 Å². The predicted molar refractivity (Wildman–Crippen MR) is 86.0 cm³/mol. The third-order valence-corrected chi connectivity index (χ3v) is 5.26. The second-order valence-corrected chi connectivity index (χ2v) is 6.40. The van der Waals surface area contributed by atoms with E-state index in [0.29, 0.717) is 18.9 Å². The number of rotatable bonds is 8. The van der Waals surface area contributed by atoms with Crippen molar-refractivity contribution in [1.29, 1.82) is 0 Å². The van der Waals surface area contributed by atoms with E-state index in [0.717, 1.165) is 18.6 Å². The number of aromatic nitrogens is 1. The van der Waals surface area contributed by atoms with E-state index < -0.39 is 10.0 Å². The number of pyridine rings is 1. The molecular formula is C14H24N4O2S. The average molecular weight is 312 g/mol. The van der Waals surface area contributed by atoms with Crippen molar-refractivity contribution in [1.82, 2.24) is 9.29 Å². The van der Waals surface area contributed by atoms with Crippen LogP contribution in [0.5, 0.6) is 0 Å². The maximum absolute atomic E-state index is 12.3. The van der Waals surface area contributed by atoms with Crippen molar-refractivity contribution in [2.45, 2.75) is 45.4 Å². The summed E-state index contributed by atoms with van der Waals surface area (Å²) in [4.78, 5) is 4.31. The molecule has 1 rings (SSSR count). The molecule has 0 aliphatic rings. The van der Waals surface area contributed by atoms with Gasteiger partial charge in [-0.3, -0.25) is 5.43 Å². The molecule has 0 unspecified atom stereocenters. The van der Waals surface area contributed by atoms with Gasteiger partial charge in [-0.1, -0.05) is 27.7 Å². The summed E-state index contributed by atoms with van der Waals surface area (Å²) in [5, 5.41) is 4.23. The normalized spacial score (nSPS) is 11.5. The molecule has 0 saturated carbocycles. The topological polar surface area (TPSA) is 74.7 Å². The van der Waals surface area contributed by atoms with Crippen molar-refractivity contribution in [3.05, 3.63) is 18.3 Å². The minimum atomic E-state index is -3.45. The van der Waals surface area contributed by atoms with Crippen LogP contribution in [-0.2, 0) is 10.0 Å². The molecule has 0 aliphatic carbocycles. The van der Waals surface area contributed by atoms with Gasteiger partial charge in [0.1, 0.15) is 10.7 Å². The second kappa shape index (κ2) is 8.09. The number of nitrogens with zero attached hydrogens (tertiary/aromatic N) is 3. The molecule has 1 aromatic heterocycles. The smallest absolute Gasteiger partial charge is 0.244 e. The zero-order valence-electron chi connectivity index (χ0n) is 13.1. The predicted octanol–water partition coefficient (Wildman–Crippen LogP) is 2.70. The van der Waals surface area contributed by atoms with Gasteiger partial charge in [-0.15, -0.1) is 0 Å². The SMILES string of the molecule is CCC(CC)=NNc1ccc(S(=O)(=O)N(CC)CC)cn1. The van der Waals surface area contributed by atoms with Crippen LogP contribution >= 0.6 is 0 Å². The highest BCUT2D eigenvalue weighted by atomic mass is 32.2. The Morgan fingerprint density at radius 3 is 2.24 bits per heavy atom. The Kier molecular flexibility index (Phi) is 6.77. The lowest BCUT2D eigenvalue weighted by Crippen LogP contribution is -2.30. The number of hydrogen-bond donors (Lipinski definition) is 1. The summed E-state index contributed by atoms with van der Waals surface area (Å²) in [6, 6.07) is 3.18. The fourth-order valence-electron chi connectivity index (χ4n) is 1.86. The molecule has 0 atom stereocenters. The number of hydrogen-bond acceptors (Lipinski definition) is 5. The number of anilines is 1. The quantitative estimate of drug-likeness (QED) is 0.591. The largest absolute Gasteiger partial charge is 0.261 e. The van der Waals surface area contributed by atoms with Gasteiger partial charge in [0.05, 0.1) is 0 Å². The molecule has 0 fully saturated rings. The van der Waals surface area contributed by atoms with Crippen molar-refractivity contribution in [2.75, 3.05) is 18.5 Å². The highest BCUT2D eigenvalue weighted by molar-refractivity contribution is 7.89. The summed E-state index contributed by atoms with van der Waals surface area (Å²) >= 11 is 0. The van der Waals surface area contributed by atoms with Crippen LogP contribution in [0.25, 0.3) is 0 Å². The Bertz CT molecular complexity index is 557. The molecule has 1 N–H and O–H groups in total. The van der Waals surface area contributed by atoms with Gasteiger partial charge in [-0.25, -0.2) is 13.4 Å². The Hall–Kier alpha value is -1.47. The summed E-state index contributed by atoms with van der Waals surface area (Å²) < 4.78 is 26.0. The first-order chi connectivity index (χ1) is 9.99. The van der Waals surface area contributed by atoms with Crippen LogP contribution < -0.4 is 5.43 Å². The fraction of sp³-hybridized carbons (Fsp3) is 0.571. The van der Waals surface area contributed by atoms with Gasteiger partial charge in [0.25, 0.3) is 0 Å². The molecule has 118 valence electrons. The lowest BCUT2D eigenvalue weighted by molar-refractivity contribution is 0.445. The minimum absolute atomic E-state index is 0.201. The van der Waals surface area contributed by atoms with Gasteiger partial charge >= 0.3 is 0 Å². The molecule has 0 spiro atoms. The summed E-state index contributed by atoms with van der Waals surface area (Å²) in [6.45, 7) is 8.60. The van der Waals surface area contributed by atoms with Crippen LogP contribution in [0.1, 0.15) is 40.5 Å². The van der Waals surface area contributed by atoms with Gasteiger partial charge in [-0.2, -0.15) is 9.41 Å². The second-order valence-electron chi connectivity index (χ2n) is 4.47. The Morgan fingerprint density at radius 2 is 1.81 bits per heavy atom. The molecule has 1 heterocycles. The molecule has 7 heteroatoms. The standard InChI is InChI=1S/C14H24N4O2S/c1-5-12(6-2)16-17-14-10-9-13(11-15-14)21(19,20)18(7-3)8-4/h9-11H,5-8H2,1-4H3,(H,15,17). The first-order valence-corrected chi connectivity index (χ1v) is 8.71. The molecule has 21 heavy (non-hydrogen) atoms. The van der Waals surface area contributed by atoms with Gasteiger partial charge in [-0.05, 0) is 25.0 Å². The van der Waals surface area contributed by atoms with Crippen molar-refractivity contribution in [3.8, 4) is 0 Å². The first kappa shape index (κ1) is 17.6. The third-order valence-electron chi connectivity index (χ3n) is 3.22. The molecule has 6 nitrogen and oxygen atoms in total. The summed E-state index contributed by atoms with van der Waals surface area (Å²) in [6.07, 6.45) is 3.11. The van der Waals surface area contributed by atoms with E-state index in [1.807, 2.05) is 27.7 Å². The van der Waals surface area contributed by atoms with Crippen LogP contribution in [0, 0.1) is 0 Å². The lowest BCUT2D eigenvalue weighted by Gasteiger charge is -2.18. The zero-order chi connectivity index (χ0) is 15.9. The van der Waals surface area contributed by atoms with Crippen LogP contribution in [0.4, 0.5) is 5.82 Å². The molecule has 0 amide bonds. The monoisotopic (exact) mass is 312 g/mol. The Labute approximate surface area is 127 Å². The van der Waals surface area contributed by atoms with E-state index in [-0.39, 0.29) is 4.90 Å². The molecule has 1 aromatic rings. The van der Waals surface area contributed by atoms with Crippen LogP contribution in [0.3, 0.4) is 0 Å². The highest BCUT2D eigenvalue weighted by Crippen LogP contribution is 2.16. The summed E-state index contributed by atoms with van der Waals surface area (Å²) in [5.41, 5.74) is 3.89. The van der Waals surface area contributed by atoms with Crippen LogP contribution in [0.15, 0.2) is 28.3 Å². The molecule has 0 bridgehead atoms. The molecular weight excluding hydrogens is 288 g/mol. The average Bonchev–Trinajstić information content (AvgIpc) is 2.49. The van der Waals surface area contributed by atoms with Crippen molar-refractivity contribution >= 4 is 21.6 Å². The van der Waals surface area contributed by atoms with Crippen LogP contribution in [0.2, 0.25) is 0 Å². The number of hydrazone groups is 1. The van der Waals surface area contributed by atoms with Crippen molar-refractivity contribution < 1.29 is 8.42 Å². The van der Waals surface area contributed by atoms with Crippen molar-refractivity contribution in [2.24, 2.45) is 5.10 Å². The number of sulfonamides is 1. The molecule has 0 radical (unpaired) electrons. The lowest BCUT2D eigenvalue weighted by atomic mass is 10.2. The van der Waals surface area contributed by atoms with Gasteiger partial charge in [0, 0.05) is 25.0 Å². The highest BCUT2D eigenvalue weighted by Gasteiger charge is 2.21. The third kappa shape index (κ3) is 4.50. The maximum Gasteiger partial charge on any atom is 0.244 e. The Morgan fingerprint density at radius 1 is 1.19 bits per heavy atom.